The van der Waals surface area contributed by atoms with Gasteiger partial charge in [0.05, 0.1) is 4.92 Å². The molecule has 0 saturated carbocycles. The zero-order chi connectivity index (χ0) is 14.0. The molecule has 0 radical (unpaired) electrons. The highest BCUT2D eigenvalue weighted by atomic mass is 16.6. The first-order chi connectivity index (χ1) is 9.02. The van der Waals surface area contributed by atoms with Gasteiger partial charge >= 0.3 is 0 Å². The zero-order valence-corrected chi connectivity index (χ0v) is 10.7. The lowest BCUT2D eigenvalue weighted by Gasteiger charge is -2.17. The van der Waals surface area contributed by atoms with E-state index in [2.05, 4.69) is 0 Å². The molecule has 1 unspecified atom stereocenters. The van der Waals surface area contributed by atoms with Crippen LogP contribution in [-0.4, -0.2) is 40.5 Å². The van der Waals surface area contributed by atoms with Crippen molar-refractivity contribution in [3.63, 3.8) is 0 Å². The molecular weight excluding hydrogens is 248 g/mol. The van der Waals surface area contributed by atoms with Crippen molar-refractivity contribution in [3.05, 3.63) is 39.4 Å². The van der Waals surface area contributed by atoms with Gasteiger partial charge in [0.1, 0.15) is 0 Å². The summed E-state index contributed by atoms with van der Waals surface area (Å²) in [5.74, 6) is 0.0191. The summed E-state index contributed by atoms with van der Waals surface area (Å²) >= 11 is 0. The van der Waals surface area contributed by atoms with Gasteiger partial charge in [0.25, 0.3) is 11.6 Å². The number of aliphatic hydroxyl groups excluding tert-OH is 1. The lowest BCUT2D eigenvalue weighted by atomic mass is 10.1. The third-order valence-electron chi connectivity index (χ3n) is 3.48. The number of carbonyl (C=O) groups is 1. The van der Waals surface area contributed by atoms with Gasteiger partial charge in [0.2, 0.25) is 0 Å². The van der Waals surface area contributed by atoms with Crippen LogP contribution >= 0.6 is 0 Å². The van der Waals surface area contributed by atoms with Crippen molar-refractivity contribution in [1.82, 2.24) is 4.90 Å². The number of rotatable bonds is 3. The summed E-state index contributed by atoms with van der Waals surface area (Å²) in [4.78, 5) is 24.2. The number of carbonyl (C=O) groups excluding carboxylic acids is 1. The Hall–Kier alpha value is -1.95. The molecule has 0 aliphatic carbocycles. The van der Waals surface area contributed by atoms with Gasteiger partial charge in [-0.3, -0.25) is 14.9 Å². The van der Waals surface area contributed by atoms with Gasteiger partial charge < -0.3 is 10.0 Å². The van der Waals surface area contributed by atoms with Crippen molar-refractivity contribution in [1.29, 1.82) is 0 Å². The SMILES string of the molecule is Cc1cc([N+](=O)[O-])ccc1C(=O)N1CCC(CO)C1. The Balaban J connectivity index is 2.18. The van der Waals surface area contributed by atoms with Crippen LogP contribution in [0.5, 0.6) is 0 Å². The highest BCUT2D eigenvalue weighted by Gasteiger charge is 2.27. The van der Waals surface area contributed by atoms with E-state index in [-0.39, 0.29) is 24.1 Å². The Morgan fingerprint density at radius 3 is 2.84 bits per heavy atom. The largest absolute Gasteiger partial charge is 0.396 e. The van der Waals surface area contributed by atoms with Crippen LogP contribution in [-0.2, 0) is 0 Å². The summed E-state index contributed by atoms with van der Waals surface area (Å²) in [6.07, 6.45) is 0.800. The Bertz CT molecular complexity index is 515. The molecule has 102 valence electrons. The van der Waals surface area contributed by atoms with Gasteiger partial charge in [-0.05, 0) is 25.0 Å². The molecule has 0 spiro atoms. The van der Waals surface area contributed by atoms with E-state index < -0.39 is 4.92 Å². The van der Waals surface area contributed by atoms with E-state index in [0.29, 0.717) is 24.2 Å². The van der Waals surface area contributed by atoms with Gasteiger partial charge in [-0.25, -0.2) is 0 Å². The number of benzene rings is 1. The third-order valence-corrected chi connectivity index (χ3v) is 3.48. The Kier molecular flexibility index (Phi) is 3.80. The number of aryl methyl sites for hydroxylation is 1. The standard InChI is InChI=1S/C13H16N2O4/c1-9-6-11(15(18)19)2-3-12(9)13(17)14-5-4-10(7-14)8-16/h2-3,6,10,16H,4-5,7-8H2,1H3. The monoisotopic (exact) mass is 264 g/mol. The van der Waals surface area contributed by atoms with E-state index in [9.17, 15) is 14.9 Å². The fraction of sp³-hybridized carbons (Fsp3) is 0.462. The van der Waals surface area contributed by atoms with Gasteiger partial charge in [0.15, 0.2) is 0 Å². The van der Waals surface area contributed by atoms with Crippen molar-refractivity contribution in [3.8, 4) is 0 Å². The fourth-order valence-corrected chi connectivity index (χ4v) is 2.34. The molecule has 1 saturated heterocycles. The molecule has 6 heteroatoms. The number of hydrogen-bond acceptors (Lipinski definition) is 4. The molecule has 1 aliphatic heterocycles. The highest BCUT2D eigenvalue weighted by molar-refractivity contribution is 5.96. The van der Waals surface area contributed by atoms with Crippen molar-refractivity contribution in [2.24, 2.45) is 5.92 Å². The summed E-state index contributed by atoms with van der Waals surface area (Å²) in [6, 6.07) is 4.26. The number of nitro groups is 1. The van der Waals surface area contributed by atoms with E-state index in [1.54, 1.807) is 11.8 Å². The summed E-state index contributed by atoms with van der Waals surface area (Å²) in [5, 5.41) is 19.7. The van der Waals surface area contributed by atoms with Gasteiger partial charge in [-0.1, -0.05) is 0 Å². The van der Waals surface area contributed by atoms with Crippen LogP contribution in [0.4, 0.5) is 5.69 Å². The van der Waals surface area contributed by atoms with Crippen molar-refractivity contribution < 1.29 is 14.8 Å². The average Bonchev–Trinajstić information content (AvgIpc) is 2.86. The molecule has 19 heavy (non-hydrogen) atoms. The normalized spacial score (nSPS) is 18.6. The molecule has 0 aromatic heterocycles. The van der Waals surface area contributed by atoms with Crippen LogP contribution in [0.2, 0.25) is 0 Å². The predicted octanol–water partition coefficient (Wildman–Crippen LogP) is 1.36. The fourth-order valence-electron chi connectivity index (χ4n) is 2.34. The molecule has 1 aromatic carbocycles. The first-order valence-corrected chi connectivity index (χ1v) is 6.18. The van der Waals surface area contributed by atoms with E-state index in [4.69, 9.17) is 5.11 Å². The number of nitrogens with zero attached hydrogens (tertiary/aromatic N) is 2. The summed E-state index contributed by atoms with van der Waals surface area (Å²) in [5.41, 5.74) is 1.08. The van der Waals surface area contributed by atoms with E-state index in [1.807, 2.05) is 0 Å². The second-order valence-corrected chi connectivity index (χ2v) is 4.84. The summed E-state index contributed by atoms with van der Waals surface area (Å²) in [6.45, 7) is 2.95. The van der Waals surface area contributed by atoms with Crippen LogP contribution in [0.25, 0.3) is 0 Å². The first-order valence-electron chi connectivity index (χ1n) is 6.18. The number of non-ortho nitro benzene ring substituents is 1. The quantitative estimate of drug-likeness (QED) is 0.660. The van der Waals surface area contributed by atoms with Crippen LogP contribution < -0.4 is 0 Å². The second kappa shape index (κ2) is 5.36. The number of likely N-dealkylation sites (tertiary alicyclic amines) is 1. The van der Waals surface area contributed by atoms with E-state index in [0.717, 1.165) is 6.42 Å². The predicted molar refractivity (Wildman–Crippen MR) is 68.9 cm³/mol. The molecule has 1 aromatic rings. The summed E-state index contributed by atoms with van der Waals surface area (Å²) in [7, 11) is 0. The summed E-state index contributed by atoms with van der Waals surface area (Å²) < 4.78 is 0. The molecule has 1 atom stereocenters. The average molecular weight is 264 g/mol. The smallest absolute Gasteiger partial charge is 0.269 e. The van der Waals surface area contributed by atoms with Gasteiger partial charge in [-0.2, -0.15) is 0 Å². The number of aliphatic hydroxyl groups is 1. The molecule has 1 fully saturated rings. The maximum absolute atomic E-state index is 12.3. The van der Waals surface area contributed by atoms with Gasteiger partial charge in [-0.15, -0.1) is 0 Å². The zero-order valence-electron chi connectivity index (χ0n) is 10.7. The maximum Gasteiger partial charge on any atom is 0.269 e. The maximum atomic E-state index is 12.3. The van der Waals surface area contributed by atoms with E-state index in [1.165, 1.54) is 18.2 Å². The van der Waals surface area contributed by atoms with Crippen LogP contribution in [0, 0.1) is 23.0 Å². The van der Waals surface area contributed by atoms with Crippen LogP contribution in [0.15, 0.2) is 18.2 Å². The lowest BCUT2D eigenvalue weighted by Crippen LogP contribution is -2.29. The molecule has 6 nitrogen and oxygen atoms in total. The first kappa shape index (κ1) is 13.5. The number of amides is 1. The molecule has 1 aliphatic rings. The van der Waals surface area contributed by atoms with Crippen molar-refractivity contribution in [2.45, 2.75) is 13.3 Å². The topological polar surface area (TPSA) is 83.7 Å². The van der Waals surface area contributed by atoms with Crippen molar-refractivity contribution in [2.75, 3.05) is 19.7 Å². The number of hydrogen-bond donors (Lipinski definition) is 1. The van der Waals surface area contributed by atoms with Crippen LogP contribution in [0.1, 0.15) is 22.3 Å². The molecular formula is C13H16N2O4. The Morgan fingerprint density at radius 1 is 1.58 bits per heavy atom. The third kappa shape index (κ3) is 2.73. The minimum Gasteiger partial charge on any atom is -0.396 e. The molecule has 1 heterocycles. The molecule has 1 N–H and O–H groups in total. The Morgan fingerprint density at radius 2 is 2.32 bits per heavy atom. The minimum atomic E-state index is -0.473. The van der Waals surface area contributed by atoms with Gasteiger partial charge in [0, 0.05) is 43.3 Å². The Labute approximate surface area is 110 Å². The molecule has 0 bridgehead atoms. The molecule has 2 rings (SSSR count). The highest BCUT2D eigenvalue weighted by Crippen LogP contribution is 2.22. The van der Waals surface area contributed by atoms with Crippen LogP contribution in [0.3, 0.4) is 0 Å². The minimum absolute atomic E-state index is 0.0105. The second-order valence-electron chi connectivity index (χ2n) is 4.84. The van der Waals surface area contributed by atoms with E-state index >= 15 is 0 Å². The number of nitro benzene ring substituents is 1. The van der Waals surface area contributed by atoms with Crippen molar-refractivity contribution >= 4 is 11.6 Å². The lowest BCUT2D eigenvalue weighted by molar-refractivity contribution is -0.384. The molecule has 1 amide bonds.